The average Bonchev–Trinajstić information content (AvgIpc) is 2.79. The van der Waals surface area contributed by atoms with Crippen molar-refractivity contribution in [3.8, 4) is 0 Å². The summed E-state index contributed by atoms with van der Waals surface area (Å²) in [5, 5.41) is 0. The van der Waals surface area contributed by atoms with Crippen LogP contribution in [-0.2, 0) is 21.1 Å². The first-order valence-corrected chi connectivity index (χ1v) is 11.6. The molecule has 0 spiro atoms. The van der Waals surface area contributed by atoms with E-state index < -0.39 is 9.84 Å². The van der Waals surface area contributed by atoms with Crippen molar-refractivity contribution in [2.45, 2.75) is 16.3 Å². The van der Waals surface area contributed by atoms with Crippen LogP contribution in [0.2, 0.25) is 0 Å². The maximum absolute atomic E-state index is 13.1. The zero-order chi connectivity index (χ0) is 20.8. The lowest BCUT2D eigenvalue weighted by molar-refractivity contribution is 0.0341. The molecule has 3 aromatic carbocycles. The molecule has 3 aromatic rings. The van der Waals surface area contributed by atoms with E-state index in [2.05, 4.69) is 4.90 Å². The van der Waals surface area contributed by atoms with E-state index in [0.717, 1.165) is 49.5 Å². The van der Waals surface area contributed by atoms with E-state index >= 15 is 0 Å². The minimum atomic E-state index is -3.55. The third kappa shape index (κ3) is 5.05. The molecule has 4 nitrogen and oxygen atoms in total. The Morgan fingerprint density at radius 1 is 0.767 bits per heavy atom. The number of benzene rings is 3. The van der Waals surface area contributed by atoms with Crippen molar-refractivity contribution in [1.29, 1.82) is 0 Å². The summed E-state index contributed by atoms with van der Waals surface area (Å²) in [6, 6.07) is 24.3. The largest absolute Gasteiger partial charge is 0.379 e. The first-order chi connectivity index (χ1) is 14.6. The predicted octanol–water partition coefficient (Wildman–Crippen LogP) is 4.52. The van der Waals surface area contributed by atoms with Crippen molar-refractivity contribution in [2.75, 3.05) is 26.3 Å². The molecule has 154 valence electrons. The minimum absolute atomic E-state index is 0.308. The van der Waals surface area contributed by atoms with Gasteiger partial charge in [0.25, 0.3) is 0 Å². The third-order valence-corrected chi connectivity index (χ3v) is 6.94. The molecule has 0 atom stereocenters. The predicted molar refractivity (Wildman–Crippen MR) is 120 cm³/mol. The second-order valence-electron chi connectivity index (χ2n) is 7.35. The van der Waals surface area contributed by atoms with Crippen molar-refractivity contribution >= 4 is 22.0 Å². The van der Waals surface area contributed by atoms with Gasteiger partial charge in [0.05, 0.1) is 23.0 Å². The molecule has 0 aromatic heterocycles. The zero-order valence-corrected chi connectivity index (χ0v) is 17.6. The van der Waals surface area contributed by atoms with Gasteiger partial charge in [-0.3, -0.25) is 4.90 Å². The van der Waals surface area contributed by atoms with Crippen LogP contribution in [0.15, 0.2) is 88.7 Å². The Kier molecular flexibility index (Phi) is 6.43. The van der Waals surface area contributed by atoms with Crippen LogP contribution in [0.25, 0.3) is 12.2 Å². The molecular formula is C25H25NO3S. The Balaban J connectivity index is 1.50. The van der Waals surface area contributed by atoms with Crippen LogP contribution in [0.5, 0.6) is 0 Å². The van der Waals surface area contributed by atoms with Gasteiger partial charge in [-0.1, -0.05) is 66.7 Å². The molecule has 1 heterocycles. The highest BCUT2D eigenvalue weighted by molar-refractivity contribution is 7.91. The van der Waals surface area contributed by atoms with Crippen molar-refractivity contribution in [3.05, 3.63) is 95.6 Å². The molecule has 5 heteroatoms. The molecule has 0 radical (unpaired) electrons. The first kappa shape index (κ1) is 20.5. The maximum atomic E-state index is 13.1. The van der Waals surface area contributed by atoms with Crippen LogP contribution in [0.3, 0.4) is 0 Å². The summed E-state index contributed by atoms with van der Waals surface area (Å²) < 4.78 is 31.6. The van der Waals surface area contributed by atoms with Gasteiger partial charge >= 0.3 is 0 Å². The number of hydrogen-bond donors (Lipinski definition) is 0. The second-order valence-corrected chi connectivity index (χ2v) is 9.30. The van der Waals surface area contributed by atoms with E-state index in [0.29, 0.717) is 9.79 Å². The number of morpholine rings is 1. The van der Waals surface area contributed by atoms with Crippen molar-refractivity contribution < 1.29 is 13.2 Å². The summed E-state index contributed by atoms with van der Waals surface area (Å²) in [5.74, 6) is 0. The molecule has 1 aliphatic rings. The number of hydrogen-bond acceptors (Lipinski definition) is 4. The molecular weight excluding hydrogens is 394 g/mol. The van der Waals surface area contributed by atoms with Gasteiger partial charge in [-0.05, 0) is 41.0 Å². The summed E-state index contributed by atoms with van der Waals surface area (Å²) in [7, 11) is -3.55. The van der Waals surface area contributed by atoms with Gasteiger partial charge in [-0.15, -0.1) is 0 Å². The van der Waals surface area contributed by atoms with E-state index in [1.807, 2.05) is 66.7 Å². The van der Waals surface area contributed by atoms with Crippen LogP contribution >= 0.6 is 0 Å². The minimum Gasteiger partial charge on any atom is -0.379 e. The van der Waals surface area contributed by atoms with Gasteiger partial charge in [0.15, 0.2) is 0 Å². The van der Waals surface area contributed by atoms with Gasteiger partial charge in [0.2, 0.25) is 9.84 Å². The van der Waals surface area contributed by atoms with Crippen LogP contribution in [0.1, 0.15) is 16.7 Å². The molecule has 1 fully saturated rings. The van der Waals surface area contributed by atoms with Crippen LogP contribution in [-0.4, -0.2) is 39.6 Å². The smallest absolute Gasteiger partial charge is 0.206 e. The molecule has 1 aliphatic heterocycles. The molecule has 0 N–H and O–H groups in total. The van der Waals surface area contributed by atoms with Crippen LogP contribution in [0.4, 0.5) is 0 Å². The first-order valence-electron chi connectivity index (χ1n) is 10.1. The van der Waals surface area contributed by atoms with Gasteiger partial charge in [-0.2, -0.15) is 0 Å². The molecule has 0 aliphatic carbocycles. The lowest BCUT2D eigenvalue weighted by Gasteiger charge is -2.26. The molecule has 1 saturated heterocycles. The summed E-state index contributed by atoms with van der Waals surface area (Å²) in [6.45, 7) is 3.92. The van der Waals surface area contributed by atoms with E-state index in [4.69, 9.17) is 4.74 Å². The Hall–Kier alpha value is -2.73. The molecule has 0 amide bonds. The monoisotopic (exact) mass is 419 g/mol. The maximum Gasteiger partial charge on any atom is 0.206 e. The Bertz CT molecular complexity index is 1100. The van der Waals surface area contributed by atoms with Gasteiger partial charge in [0, 0.05) is 19.6 Å². The lowest BCUT2D eigenvalue weighted by Crippen LogP contribution is -2.35. The fourth-order valence-electron chi connectivity index (χ4n) is 3.48. The Labute approximate surface area is 178 Å². The van der Waals surface area contributed by atoms with Crippen molar-refractivity contribution in [2.24, 2.45) is 0 Å². The molecule has 0 bridgehead atoms. The molecule has 30 heavy (non-hydrogen) atoms. The SMILES string of the molecule is O=S(=O)(c1ccc(/C=C/c2ccccc2)cc1)c1cccc(CN2CCOCC2)c1. The summed E-state index contributed by atoms with van der Waals surface area (Å²) in [6.07, 6.45) is 3.99. The topological polar surface area (TPSA) is 46.6 Å². The highest BCUT2D eigenvalue weighted by Gasteiger charge is 2.18. The summed E-state index contributed by atoms with van der Waals surface area (Å²) in [4.78, 5) is 2.92. The summed E-state index contributed by atoms with van der Waals surface area (Å²) in [5.41, 5.74) is 3.06. The fraction of sp³-hybridized carbons (Fsp3) is 0.200. The van der Waals surface area contributed by atoms with Gasteiger partial charge in [0.1, 0.15) is 0 Å². The van der Waals surface area contributed by atoms with E-state index in [1.165, 1.54) is 0 Å². The fourth-order valence-corrected chi connectivity index (χ4v) is 4.81. The Morgan fingerprint density at radius 3 is 2.13 bits per heavy atom. The third-order valence-electron chi connectivity index (χ3n) is 5.18. The number of sulfone groups is 1. The van der Waals surface area contributed by atoms with Crippen LogP contribution in [0, 0.1) is 0 Å². The zero-order valence-electron chi connectivity index (χ0n) is 16.8. The number of ether oxygens (including phenoxy) is 1. The summed E-state index contributed by atoms with van der Waals surface area (Å²) >= 11 is 0. The van der Waals surface area contributed by atoms with E-state index in [1.54, 1.807) is 24.3 Å². The highest BCUT2D eigenvalue weighted by Crippen LogP contribution is 2.23. The van der Waals surface area contributed by atoms with Gasteiger partial charge in [-0.25, -0.2) is 8.42 Å². The lowest BCUT2D eigenvalue weighted by atomic mass is 10.1. The highest BCUT2D eigenvalue weighted by atomic mass is 32.2. The standard InChI is InChI=1S/C25H25NO3S/c27-30(28,25-8-4-7-23(19-25)20-26-15-17-29-18-16-26)24-13-11-22(12-14-24)10-9-21-5-2-1-3-6-21/h1-14,19H,15-18,20H2/b10-9+. The molecule has 0 unspecified atom stereocenters. The van der Waals surface area contributed by atoms with Crippen molar-refractivity contribution in [3.63, 3.8) is 0 Å². The molecule has 4 rings (SSSR count). The van der Waals surface area contributed by atoms with Crippen molar-refractivity contribution in [1.82, 2.24) is 4.90 Å². The second kappa shape index (κ2) is 9.39. The number of nitrogens with zero attached hydrogens (tertiary/aromatic N) is 1. The normalized spacial score (nSPS) is 15.5. The van der Waals surface area contributed by atoms with Gasteiger partial charge < -0.3 is 4.74 Å². The number of rotatable bonds is 6. The van der Waals surface area contributed by atoms with E-state index in [-0.39, 0.29) is 0 Å². The Morgan fingerprint density at radius 2 is 1.43 bits per heavy atom. The van der Waals surface area contributed by atoms with Crippen LogP contribution < -0.4 is 0 Å². The average molecular weight is 420 g/mol. The quantitative estimate of drug-likeness (QED) is 0.551. The van der Waals surface area contributed by atoms with E-state index in [9.17, 15) is 8.42 Å². The molecule has 0 saturated carbocycles.